The van der Waals surface area contributed by atoms with Crippen molar-refractivity contribution >= 4 is 0 Å². The van der Waals surface area contributed by atoms with E-state index in [2.05, 4.69) is 6.58 Å². The Balaban J connectivity index is 1.80. The summed E-state index contributed by atoms with van der Waals surface area (Å²) >= 11 is 0. The molecule has 0 aliphatic carbocycles. The second kappa shape index (κ2) is 8.83. The van der Waals surface area contributed by atoms with Crippen molar-refractivity contribution in [1.82, 2.24) is 0 Å². The summed E-state index contributed by atoms with van der Waals surface area (Å²) in [5, 5.41) is 0. The molecule has 0 radical (unpaired) electrons. The number of hydrogen-bond donors (Lipinski definition) is 0. The van der Waals surface area contributed by atoms with Crippen molar-refractivity contribution in [1.29, 1.82) is 0 Å². The number of para-hydroxylation sites is 1. The van der Waals surface area contributed by atoms with Crippen LogP contribution in [0.2, 0.25) is 0 Å². The molecule has 0 spiro atoms. The van der Waals surface area contributed by atoms with Gasteiger partial charge in [-0.15, -0.1) is 6.58 Å². The van der Waals surface area contributed by atoms with E-state index in [9.17, 15) is 4.39 Å². The number of hydrogen-bond acceptors (Lipinski definition) is 3. The van der Waals surface area contributed by atoms with Gasteiger partial charge in [-0.25, -0.2) is 4.39 Å². The fourth-order valence-corrected chi connectivity index (χ4v) is 2.11. The van der Waals surface area contributed by atoms with Crippen LogP contribution in [0.3, 0.4) is 0 Å². The van der Waals surface area contributed by atoms with Crippen LogP contribution in [-0.2, 0) is 6.42 Å². The van der Waals surface area contributed by atoms with Crippen LogP contribution >= 0.6 is 0 Å². The van der Waals surface area contributed by atoms with E-state index in [1.165, 1.54) is 6.07 Å². The summed E-state index contributed by atoms with van der Waals surface area (Å²) in [5.74, 6) is 1.29. The Hall–Kier alpha value is -2.49. The predicted molar refractivity (Wildman–Crippen MR) is 88.9 cm³/mol. The Morgan fingerprint density at radius 2 is 1.74 bits per heavy atom. The van der Waals surface area contributed by atoms with Crippen LogP contribution < -0.4 is 14.2 Å². The predicted octanol–water partition coefficient (Wildman–Crippen LogP) is 4.41. The van der Waals surface area contributed by atoms with Gasteiger partial charge in [-0.05, 0) is 36.2 Å². The first-order valence-electron chi connectivity index (χ1n) is 7.52. The Morgan fingerprint density at radius 1 is 1.00 bits per heavy atom. The van der Waals surface area contributed by atoms with Gasteiger partial charge in [0, 0.05) is 6.42 Å². The van der Waals surface area contributed by atoms with Gasteiger partial charge in [0.2, 0.25) is 0 Å². The van der Waals surface area contributed by atoms with Crippen molar-refractivity contribution < 1.29 is 18.6 Å². The number of halogens is 1. The molecule has 0 N–H and O–H groups in total. The third-order valence-corrected chi connectivity index (χ3v) is 3.25. The lowest BCUT2D eigenvalue weighted by Crippen LogP contribution is -2.06. The van der Waals surface area contributed by atoms with Crippen LogP contribution in [-0.4, -0.2) is 20.3 Å². The topological polar surface area (TPSA) is 27.7 Å². The van der Waals surface area contributed by atoms with E-state index in [4.69, 9.17) is 14.2 Å². The molecule has 0 amide bonds. The third-order valence-electron chi connectivity index (χ3n) is 3.25. The average Bonchev–Trinajstić information content (AvgIpc) is 2.57. The Bertz CT molecular complexity index is 640. The van der Waals surface area contributed by atoms with Gasteiger partial charge in [-0.3, -0.25) is 0 Å². The fraction of sp³-hybridized carbons (Fsp3) is 0.263. The summed E-state index contributed by atoms with van der Waals surface area (Å²) in [6.07, 6.45) is 3.27. The average molecular weight is 316 g/mol. The van der Waals surface area contributed by atoms with Gasteiger partial charge in [0.25, 0.3) is 0 Å². The van der Waals surface area contributed by atoms with E-state index in [1.54, 1.807) is 25.3 Å². The van der Waals surface area contributed by atoms with Crippen LogP contribution in [0, 0.1) is 5.82 Å². The number of methoxy groups -OCH3 is 1. The molecular weight excluding hydrogens is 295 g/mol. The van der Waals surface area contributed by atoms with Gasteiger partial charge in [0.05, 0.1) is 20.3 Å². The maximum Gasteiger partial charge on any atom is 0.165 e. The Labute approximate surface area is 136 Å². The van der Waals surface area contributed by atoms with Crippen LogP contribution in [0.5, 0.6) is 17.2 Å². The molecule has 3 nitrogen and oxygen atoms in total. The molecule has 0 atom stereocenters. The third kappa shape index (κ3) is 5.02. The van der Waals surface area contributed by atoms with Crippen LogP contribution in [0.15, 0.2) is 55.1 Å². The van der Waals surface area contributed by atoms with Gasteiger partial charge in [0.15, 0.2) is 23.1 Å². The highest BCUT2D eigenvalue weighted by molar-refractivity contribution is 5.43. The highest BCUT2D eigenvalue weighted by Gasteiger charge is 2.06. The summed E-state index contributed by atoms with van der Waals surface area (Å²) in [6, 6.07) is 12.2. The van der Waals surface area contributed by atoms with E-state index in [0.29, 0.717) is 31.1 Å². The molecule has 0 aliphatic rings. The molecule has 2 rings (SSSR count). The van der Waals surface area contributed by atoms with E-state index in [0.717, 1.165) is 12.0 Å². The lowest BCUT2D eigenvalue weighted by Gasteiger charge is -2.12. The van der Waals surface area contributed by atoms with Crippen molar-refractivity contribution in [2.24, 2.45) is 0 Å². The molecule has 2 aromatic carbocycles. The van der Waals surface area contributed by atoms with Crippen LogP contribution in [0.25, 0.3) is 0 Å². The lowest BCUT2D eigenvalue weighted by atomic mass is 10.1. The zero-order valence-electron chi connectivity index (χ0n) is 13.3. The Morgan fingerprint density at radius 3 is 2.43 bits per heavy atom. The van der Waals surface area contributed by atoms with Gasteiger partial charge in [-0.2, -0.15) is 0 Å². The van der Waals surface area contributed by atoms with Crippen molar-refractivity contribution in [3.05, 3.63) is 66.5 Å². The Kier molecular flexibility index (Phi) is 6.48. The van der Waals surface area contributed by atoms with Crippen molar-refractivity contribution in [2.75, 3.05) is 20.3 Å². The smallest absolute Gasteiger partial charge is 0.165 e. The van der Waals surface area contributed by atoms with Crippen LogP contribution in [0.1, 0.15) is 12.0 Å². The van der Waals surface area contributed by atoms with E-state index < -0.39 is 0 Å². The summed E-state index contributed by atoms with van der Waals surface area (Å²) in [5.41, 5.74) is 1.12. The minimum Gasteiger partial charge on any atom is -0.493 e. The molecule has 0 saturated heterocycles. The van der Waals surface area contributed by atoms with Gasteiger partial charge >= 0.3 is 0 Å². The summed E-state index contributed by atoms with van der Waals surface area (Å²) < 4.78 is 29.8. The minimum absolute atomic E-state index is 0.263. The first kappa shape index (κ1) is 16.9. The molecular formula is C19H21FO3. The number of ether oxygens (including phenoxy) is 3. The molecule has 0 unspecified atom stereocenters. The van der Waals surface area contributed by atoms with Crippen molar-refractivity contribution in [2.45, 2.75) is 12.8 Å². The molecule has 0 heterocycles. The highest BCUT2D eigenvalue weighted by Crippen LogP contribution is 2.28. The summed E-state index contributed by atoms with van der Waals surface area (Å²) in [6.45, 7) is 4.57. The fourth-order valence-electron chi connectivity index (χ4n) is 2.11. The van der Waals surface area contributed by atoms with Crippen molar-refractivity contribution in [3.8, 4) is 17.2 Å². The molecule has 0 bridgehead atoms. The molecule has 0 fully saturated rings. The lowest BCUT2D eigenvalue weighted by molar-refractivity contribution is 0.235. The monoisotopic (exact) mass is 316 g/mol. The zero-order valence-corrected chi connectivity index (χ0v) is 13.3. The van der Waals surface area contributed by atoms with E-state index >= 15 is 0 Å². The van der Waals surface area contributed by atoms with Gasteiger partial charge in [0.1, 0.15) is 0 Å². The largest absolute Gasteiger partial charge is 0.493 e. The van der Waals surface area contributed by atoms with Gasteiger partial charge in [-0.1, -0.05) is 24.3 Å². The van der Waals surface area contributed by atoms with Crippen LogP contribution in [0.4, 0.5) is 4.39 Å². The maximum absolute atomic E-state index is 13.4. The zero-order chi connectivity index (χ0) is 16.5. The second-order valence-corrected chi connectivity index (χ2v) is 4.96. The number of benzene rings is 2. The summed E-state index contributed by atoms with van der Waals surface area (Å²) in [4.78, 5) is 0. The standard InChI is InChI=1S/C19H21FO3/c1-3-7-15-10-11-18(19(14-15)21-2)23-13-6-12-22-17-9-5-4-8-16(17)20/h3-5,8-11,14H,1,6-7,12-13H2,2H3. The molecule has 0 saturated carbocycles. The second-order valence-electron chi connectivity index (χ2n) is 4.96. The number of allylic oxidation sites excluding steroid dienone is 1. The van der Waals surface area contributed by atoms with Gasteiger partial charge < -0.3 is 14.2 Å². The van der Waals surface area contributed by atoms with E-state index in [-0.39, 0.29) is 11.6 Å². The first-order chi connectivity index (χ1) is 11.2. The molecule has 2 aromatic rings. The summed E-state index contributed by atoms with van der Waals surface area (Å²) in [7, 11) is 1.61. The quantitative estimate of drug-likeness (QED) is 0.506. The molecule has 23 heavy (non-hydrogen) atoms. The normalized spacial score (nSPS) is 10.2. The molecule has 122 valence electrons. The molecule has 4 heteroatoms. The molecule has 0 aromatic heterocycles. The molecule has 0 aliphatic heterocycles. The number of rotatable bonds is 9. The first-order valence-corrected chi connectivity index (χ1v) is 7.52. The minimum atomic E-state index is -0.354. The highest BCUT2D eigenvalue weighted by atomic mass is 19.1. The van der Waals surface area contributed by atoms with Crippen molar-refractivity contribution in [3.63, 3.8) is 0 Å². The van der Waals surface area contributed by atoms with E-state index in [1.807, 2.05) is 24.3 Å². The maximum atomic E-state index is 13.4. The SMILES string of the molecule is C=CCc1ccc(OCCCOc2ccccc2F)c(OC)c1.